The smallest absolute Gasteiger partial charge is 0.356 e. The van der Waals surface area contributed by atoms with Crippen molar-refractivity contribution in [3.8, 4) is 0 Å². The van der Waals surface area contributed by atoms with E-state index in [0.717, 1.165) is 27.8 Å². The van der Waals surface area contributed by atoms with Crippen molar-refractivity contribution < 1.29 is 24.0 Å². The second kappa shape index (κ2) is 18.4. The fourth-order valence-electron chi connectivity index (χ4n) is 7.45. The van der Waals surface area contributed by atoms with Gasteiger partial charge in [0.25, 0.3) is 11.8 Å². The average Bonchev–Trinajstić information content (AvgIpc) is 3.77. The lowest BCUT2D eigenvalue weighted by Crippen LogP contribution is -2.71. The summed E-state index contributed by atoms with van der Waals surface area (Å²) in [7, 11) is 0. The maximum absolute atomic E-state index is 14.1. The minimum absolute atomic E-state index is 0.0256. The number of oxime groups is 1. The van der Waals surface area contributed by atoms with Crippen LogP contribution in [0.1, 0.15) is 46.5 Å². The van der Waals surface area contributed by atoms with E-state index in [9.17, 15) is 14.4 Å². The fraction of sp³-hybridized carbons (Fsp3) is 0.170. The molecule has 6 aromatic rings. The van der Waals surface area contributed by atoms with Crippen LogP contribution in [0.4, 0.5) is 5.13 Å². The van der Waals surface area contributed by atoms with Gasteiger partial charge in [-0.3, -0.25) is 14.5 Å². The molecule has 10 nitrogen and oxygen atoms in total. The molecule has 1 saturated heterocycles. The van der Waals surface area contributed by atoms with Gasteiger partial charge in [-0.1, -0.05) is 157 Å². The minimum atomic E-state index is -0.967. The molecule has 0 saturated carbocycles. The Morgan fingerprint density at radius 3 is 1.85 bits per heavy atom. The first-order valence-corrected chi connectivity index (χ1v) is 21.8. The van der Waals surface area contributed by atoms with Gasteiger partial charge < -0.3 is 20.2 Å². The molecule has 2 N–H and O–H groups in total. The number of carbonyl (C=O) groups is 3. The highest BCUT2D eigenvalue weighted by Crippen LogP contribution is 2.43. The number of benzene rings is 5. The average molecular weight is 854 g/mol. The molecule has 60 heavy (non-hydrogen) atoms. The zero-order valence-corrected chi connectivity index (χ0v) is 34.8. The number of β-lactam (4-membered cyclic amide) rings is 1. The predicted molar refractivity (Wildman–Crippen MR) is 237 cm³/mol. The van der Waals surface area contributed by atoms with Crippen LogP contribution in [0, 0.1) is 0 Å². The van der Waals surface area contributed by atoms with Crippen LogP contribution in [0.2, 0.25) is 0 Å². The molecule has 2 atom stereocenters. The standard InChI is InChI=1S/C47H40ClN5O5S2/c1-2-57-52-38(37-30-60-46(49-37)51-47(34-22-12-5-13-23-34,35-24-14-6-15-25-35)36-26-16-7-17-27-36)42(54)50-39-43(55)53-40(33(28-48)29-59-44(39)53)45(56)58-41(31-18-8-3-9-19-31)32-20-10-4-11-21-32/h3-27,30,39,41,44H,2,28-29H2,1H3,(H,49,51)(H,50,54)/b52-38+/t39?,44-/m1/s1. The molecule has 1 fully saturated rings. The number of thiazole rings is 1. The van der Waals surface area contributed by atoms with Gasteiger partial charge in [-0.25, -0.2) is 9.78 Å². The molecule has 2 amide bonds. The zero-order valence-electron chi connectivity index (χ0n) is 32.4. The summed E-state index contributed by atoms with van der Waals surface area (Å²) in [5, 5.41) is 12.5. The molecule has 3 heterocycles. The number of hydrogen-bond acceptors (Lipinski definition) is 10. The predicted octanol–water partition coefficient (Wildman–Crippen LogP) is 8.51. The van der Waals surface area contributed by atoms with E-state index in [1.165, 1.54) is 28.0 Å². The Labute approximate surface area is 361 Å². The van der Waals surface area contributed by atoms with Crippen LogP contribution in [0.5, 0.6) is 0 Å². The number of nitrogens with zero attached hydrogens (tertiary/aromatic N) is 3. The van der Waals surface area contributed by atoms with Gasteiger partial charge in [-0.15, -0.1) is 34.7 Å². The summed E-state index contributed by atoms with van der Waals surface area (Å²) in [5.74, 6) is -1.41. The molecule has 5 aromatic carbocycles. The van der Waals surface area contributed by atoms with Crippen molar-refractivity contribution in [1.29, 1.82) is 0 Å². The molecule has 302 valence electrons. The summed E-state index contributed by atoms with van der Waals surface area (Å²) in [6.45, 7) is 1.96. The summed E-state index contributed by atoms with van der Waals surface area (Å²) in [4.78, 5) is 53.9. The summed E-state index contributed by atoms with van der Waals surface area (Å²) in [6.07, 6.45) is -0.725. The van der Waals surface area contributed by atoms with Gasteiger partial charge in [-0.2, -0.15) is 0 Å². The number of carbonyl (C=O) groups excluding carboxylic acids is 3. The van der Waals surface area contributed by atoms with E-state index in [4.69, 9.17) is 26.2 Å². The quantitative estimate of drug-likeness (QED) is 0.0264. The summed E-state index contributed by atoms with van der Waals surface area (Å²) in [6, 6.07) is 48.2. The number of fused-ring (bicyclic) bond motifs is 1. The molecule has 0 spiro atoms. The number of halogens is 1. The third-order valence-corrected chi connectivity index (χ3v) is 12.7. The number of hydrogen-bond donors (Lipinski definition) is 2. The number of alkyl halides is 1. The van der Waals surface area contributed by atoms with Crippen molar-refractivity contribution in [2.24, 2.45) is 5.16 Å². The van der Waals surface area contributed by atoms with Gasteiger partial charge >= 0.3 is 5.97 Å². The fourth-order valence-corrected chi connectivity index (χ4v) is 9.88. The molecule has 2 aliphatic rings. The van der Waals surface area contributed by atoms with Crippen molar-refractivity contribution in [3.05, 3.63) is 202 Å². The third kappa shape index (κ3) is 8.05. The number of rotatable bonds is 15. The van der Waals surface area contributed by atoms with E-state index in [0.29, 0.717) is 16.5 Å². The second-order valence-corrected chi connectivity index (χ2v) is 16.2. The van der Waals surface area contributed by atoms with E-state index >= 15 is 0 Å². The normalized spacial score (nSPS) is 16.5. The van der Waals surface area contributed by atoms with Crippen molar-refractivity contribution >= 4 is 63.3 Å². The van der Waals surface area contributed by atoms with E-state index < -0.39 is 40.8 Å². The van der Waals surface area contributed by atoms with Crippen molar-refractivity contribution in [1.82, 2.24) is 15.2 Å². The lowest BCUT2D eigenvalue weighted by atomic mass is 9.77. The molecule has 1 unspecified atom stereocenters. The van der Waals surface area contributed by atoms with Gasteiger partial charge in [-0.05, 0) is 40.3 Å². The first-order valence-electron chi connectivity index (χ1n) is 19.4. The van der Waals surface area contributed by atoms with Crippen LogP contribution in [-0.4, -0.2) is 63.0 Å². The summed E-state index contributed by atoms with van der Waals surface area (Å²) >= 11 is 9.10. The highest BCUT2D eigenvalue weighted by molar-refractivity contribution is 8.00. The van der Waals surface area contributed by atoms with Crippen LogP contribution < -0.4 is 10.6 Å². The maximum atomic E-state index is 14.1. The number of thioether (sulfide) groups is 1. The second-order valence-electron chi connectivity index (χ2n) is 13.9. The molecule has 0 bridgehead atoms. The number of aromatic nitrogens is 1. The first kappa shape index (κ1) is 40.6. The Hall–Kier alpha value is -6.21. The van der Waals surface area contributed by atoms with E-state index in [1.54, 1.807) is 12.3 Å². The Balaban J connectivity index is 1.04. The number of nitrogens with one attached hydrogen (secondary N) is 2. The molecule has 1 aromatic heterocycles. The highest BCUT2D eigenvalue weighted by Gasteiger charge is 2.55. The lowest BCUT2D eigenvalue weighted by Gasteiger charge is -2.49. The molecule has 2 aliphatic heterocycles. The first-order chi connectivity index (χ1) is 29.4. The number of amides is 2. The van der Waals surface area contributed by atoms with Gasteiger partial charge in [0.1, 0.15) is 35.0 Å². The monoisotopic (exact) mass is 853 g/mol. The molecule has 13 heteroatoms. The van der Waals surface area contributed by atoms with E-state index in [1.807, 2.05) is 115 Å². The van der Waals surface area contributed by atoms with Crippen LogP contribution in [-0.2, 0) is 29.5 Å². The molecular formula is C47H40ClN5O5S2. The van der Waals surface area contributed by atoms with E-state index in [2.05, 4.69) is 52.2 Å². The molecule has 0 aliphatic carbocycles. The Bertz CT molecular complexity index is 2370. The SMILES string of the molecule is CCO/N=C(/C(=O)NC1C(=O)N2C(C(=O)OC(c3ccccc3)c3ccccc3)=C(CCl)CS[C@H]12)c1csc(NC(c2ccccc2)(c2ccccc2)c2ccccc2)n1. The lowest BCUT2D eigenvalue weighted by molar-refractivity contribution is -0.154. The van der Waals surface area contributed by atoms with Crippen LogP contribution in [0.3, 0.4) is 0 Å². The summed E-state index contributed by atoms with van der Waals surface area (Å²) in [5.41, 5.74) is 4.50. The van der Waals surface area contributed by atoms with Crippen molar-refractivity contribution in [3.63, 3.8) is 0 Å². The van der Waals surface area contributed by atoms with Crippen molar-refractivity contribution in [2.75, 3.05) is 23.6 Å². The van der Waals surface area contributed by atoms with E-state index in [-0.39, 0.29) is 29.6 Å². The largest absolute Gasteiger partial charge is 0.448 e. The number of ether oxygens (including phenoxy) is 1. The van der Waals surface area contributed by atoms with Gasteiger partial charge in [0, 0.05) is 17.0 Å². The number of esters is 1. The third-order valence-electron chi connectivity index (χ3n) is 10.3. The Morgan fingerprint density at radius 2 is 1.35 bits per heavy atom. The van der Waals surface area contributed by atoms with Crippen LogP contribution in [0.25, 0.3) is 0 Å². The molecular weight excluding hydrogens is 814 g/mol. The Kier molecular flexibility index (Phi) is 12.4. The summed E-state index contributed by atoms with van der Waals surface area (Å²) < 4.78 is 6.18. The van der Waals surface area contributed by atoms with Crippen LogP contribution in [0.15, 0.2) is 173 Å². The van der Waals surface area contributed by atoms with Gasteiger partial charge in [0.05, 0.1) is 0 Å². The molecule has 8 rings (SSSR count). The van der Waals surface area contributed by atoms with Gasteiger partial charge in [0.2, 0.25) is 0 Å². The zero-order chi connectivity index (χ0) is 41.5. The minimum Gasteiger partial charge on any atom is -0.448 e. The van der Waals surface area contributed by atoms with Gasteiger partial charge in [0.15, 0.2) is 16.9 Å². The Morgan fingerprint density at radius 1 is 0.833 bits per heavy atom. The maximum Gasteiger partial charge on any atom is 0.356 e. The topological polar surface area (TPSA) is 122 Å². The number of anilines is 1. The highest BCUT2D eigenvalue weighted by atomic mass is 35.5. The molecule has 0 radical (unpaired) electrons. The van der Waals surface area contributed by atoms with Crippen molar-refractivity contribution in [2.45, 2.75) is 30.0 Å². The van der Waals surface area contributed by atoms with Crippen LogP contribution >= 0.6 is 34.7 Å².